The number of nitrogens with zero attached hydrogens (tertiary/aromatic N) is 1. The number of hydrogen-bond donors (Lipinski definition) is 1. The van der Waals surface area contributed by atoms with Crippen molar-refractivity contribution in [2.24, 2.45) is 0 Å². The van der Waals surface area contributed by atoms with Gasteiger partial charge in [-0.3, -0.25) is 9.59 Å². The van der Waals surface area contributed by atoms with Crippen LogP contribution in [-0.2, 0) is 15.4 Å². The Labute approximate surface area is 130 Å². The van der Waals surface area contributed by atoms with Crippen molar-refractivity contribution in [1.29, 1.82) is 0 Å². The summed E-state index contributed by atoms with van der Waals surface area (Å²) in [5.41, 5.74) is 0.899. The minimum atomic E-state index is -3.71. The van der Waals surface area contributed by atoms with Crippen LogP contribution in [-0.4, -0.2) is 31.0 Å². The van der Waals surface area contributed by atoms with E-state index in [-0.39, 0.29) is 22.3 Å². The number of hydrogen-bond acceptors (Lipinski definition) is 4. The molecule has 0 unspecified atom stereocenters. The van der Waals surface area contributed by atoms with E-state index in [9.17, 15) is 18.0 Å². The molecule has 1 aliphatic heterocycles. The number of imide groups is 1. The molecule has 0 aromatic heterocycles. The number of carbonyl (C=O) groups excluding carboxylic acids is 2. The molecule has 0 bridgehead atoms. The SMILES string of the molecule is CCCS(=O)(=O)NN1C(=O)c2cccc(C(C)(C)C)c2C1=O. The van der Waals surface area contributed by atoms with Gasteiger partial charge in [-0.15, -0.1) is 4.83 Å². The average molecular weight is 324 g/mol. The van der Waals surface area contributed by atoms with Crippen molar-refractivity contribution in [2.75, 3.05) is 5.75 Å². The topological polar surface area (TPSA) is 83.6 Å². The quantitative estimate of drug-likeness (QED) is 0.856. The van der Waals surface area contributed by atoms with Gasteiger partial charge in [0, 0.05) is 0 Å². The molecule has 7 heteroatoms. The first-order valence-corrected chi connectivity index (χ1v) is 8.76. The third-order valence-electron chi connectivity index (χ3n) is 3.43. The Morgan fingerprint density at radius 2 is 1.77 bits per heavy atom. The summed E-state index contributed by atoms with van der Waals surface area (Å²) in [4.78, 5) is 27.0. The average Bonchev–Trinajstić information content (AvgIpc) is 2.62. The van der Waals surface area contributed by atoms with Gasteiger partial charge >= 0.3 is 0 Å². The van der Waals surface area contributed by atoms with Crippen LogP contribution in [0.5, 0.6) is 0 Å². The van der Waals surface area contributed by atoms with Crippen molar-refractivity contribution in [3.05, 3.63) is 34.9 Å². The Morgan fingerprint density at radius 3 is 2.32 bits per heavy atom. The van der Waals surface area contributed by atoms with Crippen LogP contribution in [0.2, 0.25) is 0 Å². The van der Waals surface area contributed by atoms with Crippen LogP contribution in [0.3, 0.4) is 0 Å². The number of sulfonamides is 1. The van der Waals surface area contributed by atoms with E-state index in [2.05, 4.69) is 4.83 Å². The number of rotatable bonds is 4. The van der Waals surface area contributed by atoms with Gasteiger partial charge in [-0.05, 0) is 23.5 Å². The van der Waals surface area contributed by atoms with Crippen LogP contribution >= 0.6 is 0 Å². The lowest BCUT2D eigenvalue weighted by molar-refractivity contribution is 0.0617. The van der Waals surface area contributed by atoms with Gasteiger partial charge in [0.15, 0.2) is 0 Å². The standard InChI is InChI=1S/C15H20N2O4S/c1-5-9-22(20,21)16-17-13(18)10-7-6-8-11(15(2,3)4)12(10)14(17)19/h6-8,16H,5,9H2,1-4H3. The van der Waals surface area contributed by atoms with Gasteiger partial charge in [0.2, 0.25) is 10.0 Å². The third-order valence-corrected chi connectivity index (χ3v) is 4.83. The van der Waals surface area contributed by atoms with Crippen LogP contribution < -0.4 is 4.83 Å². The molecular weight excluding hydrogens is 304 g/mol. The molecule has 1 aliphatic rings. The van der Waals surface area contributed by atoms with E-state index >= 15 is 0 Å². The molecule has 0 fully saturated rings. The highest BCUT2D eigenvalue weighted by atomic mass is 32.2. The molecule has 1 aromatic carbocycles. The van der Waals surface area contributed by atoms with Crippen LogP contribution in [0.15, 0.2) is 18.2 Å². The second-order valence-corrected chi connectivity index (χ2v) is 8.15. The van der Waals surface area contributed by atoms with Crippen LogP contribution in [0.1, 0.15) is 60.4 Å². The van der Waals surface area contributed by atoms with Gasteiger partial charge in [-0.25, -0.2) is 8.42 Å². The summed E-state index contributed by atoms with van der Waals surface area (Å²) in [5.74, 6) is -1.40. The van der Waals surface area contributed by atoms with E-state index in [4.69, 9.17) is 0 Å². The second-order valence-electron chi connectivity index (χ2n) is 6.33. The molecule has 2 rings (SSSR count). The lowest BCUT2D eigenvalue weighted by atomic mass is 9.82. The van der Waals surface area contributed by atoms with E-state index in [1.807, 2.05) is 20.8 Å². The molecule has 0 atom stereocenters. The van der Waals surface area contributed by atoms with Gasteiger partial charge in [0.05, 0.1) is 16.9 Å². The summed E-state index contributed by atoms with van der Waals surface area (Å²) in [6, 6.07) is 5.03. The maximum absolute atomic E-state index is 12.5. The smallest absolute Gasteiger partial charge is 0.267 e. The number of benzene rings is 1. The lowest BCUT2D eigenvalue weighted by Crippen LogP contribution is -2.46. The van der Waals surface area contributed by atoms with Gasteiger partial charge in [-0.2, -0.15) is 5.01 Å². The van der Waals surface area contributed by atoms with E-state index in [0.29, 0.717) is 11.4 Å². The summed E-state index contributed by atoms with van der Waals surface area (Å²) in [6.45, 7) is 7.51. The molecule has 22 heavy (non-hydrogen) atoms. The second kappa shape index (κ2) is 5.48. The lowest BCUT2D eigenvalue weighted by Gasteiger charge is -2.21. The number of nitrogens with one attached hydrogen (secondary N) is 1. The molecule has 0 spiro atoms. The minimum absolute atomic E-state index is 0.146. The highest BCUT2D eigenvalue weighted by Crippen LogP contribution is 2.32. The fourth-order valence-electron chi connectivity index (χ4n) is 2.45. The normalized spacial score (nSPS) is 15.4. The van der Waals surface area contributed by atoms with Gasteiger partial charge in [0.1, 0.15) is 0 Å². The molecule has 6 nitrogen and oxygen atoms in total. The zero-order valence-electron chi connectivity index (χ0n) is 13.1. The molecule has 0 aliphatic carbocycles. The van der Waals surface area contributed by atoms with Crippen LogP contribution in [0.4, 0.5) is 0 Å². The summed E-state index contributed by atoms with van der Waals surface area (Å²) < 4.78 is 23.7. The molecule has 0 saturated carbocycles. The largest absolute Gasteiger partial charge is 0.277 e. The highest BCUT2D eigenvalue weighted by Gasteiger charge is 2.41. The molecule has 0 saturated heterocycles. The molecule has 1 aromatic rings. The molecular formula is C15H20N2O4S. The third kappa shape index (κ3) is 2.91. The maximum atomic E-state index is 12.5. The van der Waals surface area contributed by atoms with Crippen molar-refractivity contribution >= 4 is 21.8 Å². The number of hydrazine groups is 1. The van der Waals surface area contributed by atoms with Crippen LogP contribution in [0, 0.1) is 0 Å². The number of fused-ring (bicyclic) bond motifs is 1. The predicted octanol–water partition coefficient (Wildman–Crippen LogP) is 1.82. The summed E-state index contributed by atoms with van der Waals surface area (Å²) in [7, 11) is -3.71. The maximum Gasteiger partial charge on any atom is 0.277 e. The molecule has 1 heterocycles. The van der Waals surface area contributed by atoms with Crippen molar-refractivity contribution in [1.82, 2.24) is 9.84 Å². The molecule has 2 amide bonds. The van der Waals surface area contributed by atoms with Gasteiger partial charge in [-0.1, -0.05) is 39.8 Å². The summed E-state index contributed by atoms with van der Waals surface area (Å²) in [6.07, 6.45) is 0.395. The van der Waals surface area contributed by atoms with E-state index in [1.54, 1.807) is 25.1 Å². The first kappa shape index (κ1) is 16.6. The minimum Gasteiger partial charge on any atom is -0.267 e. The van der Waals surface area contributed by atoms with Crippen molar-refractivity contribution in [2.45, 2.75) is 39.5 Å². The van der Waals surface area contributed by atoms with Gasteiger partial charge in [0.25, 0.3) is 11.8 Å². The summed E-state index contributed by atoms with van der Waals surface area (Å²) in [5, 5.41) is 0.602. The Balaban J connectivity index is 2.47. The first-order valence-electron chi connectivity index (χ1n) is 7.11. The fourth-order valence-corrected chi connectivity index (χ4v) is 3.52. The highest BCUT2D eigenvalue weighted by molar-refractivity contribution is 7.89. The molecule has 120 valence electrons. The van der Waals surface area contributed by atoms with E-state index in [1.165, 1.54) is 0 Å². The Bertz CT molecular complexity index is 732. The van der Waals surface area contributed by atoms with Gasteiger partial charge < -0.3 is 0 Å². The predicted molar refractivity (Wildman–Crippen MR) is 82.9 cm³/mol. The van der Waals surface area contributed by atoms with Crippen molar-refractivity contribution < 1.29 is 18.0 Å². The van der Waals surface area contributed by atoms with E-state index < -0.39 is 21.8 Å². The van der Waals surface area contributed by atoms with Crippen molar-refractivity contribution in [3.63, 3.8) is 0 Å². The molecule has 0 radical (unpaired) electrons. The zero-order chi connectivity index (χ0) is 16.7. The Kier molecular flexibility index (Phi) is 4.14. The molecule has 1 N–H and O–H groups in total. The van der Waals surface area contributed by atoms with E-state index in [0.717, 1.165) is 5.56 Å². The summed E-state index contributed by atoms with van der Waals surface area (Å²) >= 11 is 0. The number of carbonyl (C=O) groups is 2. The van der Waals surface area contributed by atoms with Crippen molar-refractivity contribution in [3.8, 4) is 0 Å². The monoisotopic (exact) mass is 324 g/mol. The fraction of sp³-hybridized carbons (Fsp3) is 0.467. The van der Waals surface area contributed by atoms with Crippen LogP contribution in [0.25, 0.3) is 0 Å². The first-order chi connectivity index (χ1) is 10.1. The Morgan fingerprint density at radius 1 is 1.14 bits per heavy atom. The Hall–Kier alpha value is -1.73. The zero-order valence-corrected chi connectivity index (χ0v) is 14.0. The number of amides is 2.